The Bertz CT molecular complexity index is 1610. The fourth-order valence-electron chi connectivity index (χ4n) is 3.85. The molecule has 0 unspecified atom stereocenters. The summed E-state index contributed by atoms with van der Waals surface area (Å²) in [6, 6.07) is 13.9. The van der Waals surface area contributed by atoms with Crippen molar-refractivity contribution in [2.75, 3.05) is 0 Å². The molecule has 0 aromatic carbocycles. The number of thiophene rings is 1. The van der Waals surface area contributed by atoms with Crippen molar-refractivity contribution >= 4 is 39.2 Å². The number of hydrogen-bond donors (Lipinski definition) is 2. The third-order valence-electron chi connectivity index (χ3n) is 5.44. The van der Waals surface area contributed by atoms with Gasteiger partial charge in [0.05, 0.1) is 10.6 Å². The van der Waals surface area contributed by atoms with Crippen LogP contribution in [0.3, 0.4) is 0 Å². The molecule has 7 nitrogen and oxygen atoms in total. The van der Waals surface area contributed by atoms with E-state index >= 15 is 0 Å². The Kier molecular flexibility index (Phi) is 4.19. The third kappa shape index (κ3) is 3.00. The Hall–Kier alpha value is -4.17. The maximum Gasteiger partial charge on any atom is 0.169 e. The number of pyridine rings is 3. The van der Waals surface area contributed by atoms with Gasteiger partial charge in [-0.15, -0.1) is 11.3 Å². The van der Waals surface area contributed by atoms with Gasteiger partial charge in [0.1, 0.15) is 11.3 Å². The number of H-pyrrole nitrogens is 2. The number of carbonyl (C=O) groups excluding carboxylic acids is 1. The van der Waals surface area contributed by atoms with Gasteiger partial charge in [0.2, 0.25) is 0 Å². The molecule has 8 heteroatoms. The smallest absolute Gasteiger partial charge is 0.169 e. The first-order valence-corrected chi connectivity index (χ1v) is 10.8. The van der Waals surface area contributed by atoms with E-state index in [-0.39, 0.29) is 5.78 Å². The average molecular weight is 437 g/mol. The highest BCUT2D eigenvalue weighted by Gasteiger charge is 2.16. The fraction of sp³-hybridized carbons (Fsp3) is 0.0417. The number of aromatic amines is 2. The zero-order valence-electron chi connectivity index (χ0n) is 17.0. The molecule has 0 aliphatic rings. The predicted molar refractivity (Wildman–Crippen MR) is 126 cm³/mol. The van der Waals surface area contributed by atoms with Crippen LogP contribution in [0.25, 0.3) is 55.0 Å². The molecular formula is C24H16N6OS. The van der Waals surface area contributed by atoms with Crippen LogP contribution >= 0.6 is 11.3 Å². The maximum atomic E-state index is 11.7. The number of nitrogens with one attached hydrogen (secondary N) is 2. The second-order valence-electron chi connectivity index (χ2n) is 7.45. The molecule has 6 aromatic rings. The lowest BCUT2D eigenvalue weighted by Gasteiger charge is -2.01. The van der Waals surface area contributed by atoms with Crippen LogP contribution in [0, 0.1) is 0 Å². The first-order valence-electron chi connectivity index (χ1n) is 10.0. The second-order valence-corrected chi connectivity index (χ2v) is 8.54. The minimum atomic E-state index is 0.0711. The number of ketones is 1. The molecular weight excluding hydrogens is 420 g/mol. The van der Waals surface area contributed by atoms with Gasteiger partial charge in [0, 0.05) is 51.6 Å². The minimum Gasteiger partial charge on any atom is -0.338 e. The highest BCUT2D eigenvalue weighted by atomic mass is 32.1. The molecule has 0 saturated heterocycles. The number of Topliss-reactive ketones (excluding diaryl/α,β-unsaturated/α-hetero) is 1. The van der Waals surface area contributed by atoms with Crippen molar-refractivity contribution in [3.05, 3.63) is 72.1 Å². The Morgan fingerprint density at radius 2 is 1.78 bits per heavy atom. The number of carbonyl (C=O) groups is 1. The highest BCUT2D eigenvalue weighted by Crippen LogP contribution is 2.36. The van der Waals surface area contributed by atoms with Crippen LogP contribution in [-0.4, -0.2) is 35.9 Å². The molecule has 32 heavy (non-hydrogen) atoms. The van der Waals surface area contributed by atoms with Crippen molar-refractivity contribution in [2.24, 2.45) is 0 Å². The molecule has 0 amide bonds. The average Bonchev–Trinajstić information content (AvgIpc) is 3.56. The molecule has 0 radical (unpaired) electrons. The van der Waals surface area contributed by atoms with Gasteiger partial charge in [-0.3, -0.25) is 14.9 Å². The molecule has 0 fully saturated rings. The monoisotopic (exact) mass is 436 g/mol. The van der Waals surface area contributed by atoms with Crippen molar-refractivity contribution in [3.8, 4) is 33.0 Å². The van der Waals surface area contributed by atoms with E-state index in [0.29, 0.717) is 5.65 Å². The summed E-state index contributed by atoms with van der Waals surface area (Å²) in [6.45, 7) is 1.59. The minimum absolute atomic E-state index is 0.0711. The molecule has 0 spiro atoms. The summed E-state index contributed by atoms with van der Waals surface area (Å²) in [7, 11) is 0. The van der Waals surface area contributed by atoms with Crippen molar-refractivity contribution in [3.63, 3.8) is 0 Å². The van der Waals surface area contributed by atoms with Crippen molar-refractivity contribution in [1.82, 2.24) is 30.1 Å². The summed E-state index contributed by atoms with van der Waals surface area (Å²) in [5.41, 5.74) is 6.18. The summed E-state index contributed by atoms with van der Waals surface area (Å²) in [5, 5.41) is 9.45. The van der Waals surface area contributed by atoms with Gasteiger partial charge in [-0.2, -0.15) is 5.10 Å². The normalized spacial score (nSPS) is 11.4. The first-order chi connectivity index (χ1) is 15.7. The number of nitrogens with zero attached hydrogens (tertiary/aromatic N) is 4. The van der Waals surface area contributed by atoms with E-state index in [1.165, 1.54) is 11.3 Å². The lowest BCUT2D eigenvalue weighted by molar-refractivity contribution is 0.102. The first kappa shape index (κ1) is 18.6. The van der Waals surface area contributed by atoms with Crippen molar-refractivity contribution < 1.29 is 4.79 Å². The standard InChI is InChI=1S/C24H16N6OS/c1-13(31)20-2-3-21(32-20)16-6-9-26-23-17(16)11-19(28-23)22-18-10-15(12-27-24(18)30-29-22)14-4-7-25-8-5-14/h2-12H,1H3,(H,26,28)(H,27,29,30). The number of rotatable bonds is 4. The molecule has 6 rings (SSSR count). The summed E-state index contributed by atoms with van der Waals surface area (Å²) < 4.78 is 0. The van der Waals surface area contributed by atoms with Crippen LogP contribution in [0.1, 0.15) is 16.6 Å². The largest absolute Gasteiger partial charge is 0.338 e. The second kappa shape index (κ2) is 7.21. The number of aromatic nitrogens is 6. The maximum absolute atomic E-state index is 11.7. The van der Waals surface area contributed by atoms with Crippen LogP contribution in [0.5, 0.6) is 0 Å². The molecule has 0 saturated carbocycles. The van der Waals surface area contributed by atoms with Gasteiger partial charge < -0.3 is 4.98 Å². The molecule has 0 bridgehead atoms. The van der Waals surface area contributed by atoms with E-state index in [0.717, 1.165) is 54.3 Å². The van der Waals surface area contributed by atoms with E-state index in [1.807, 2.05) is 36.5 Å². The van der Waals surface area contributed by atoms with Gasteiger partial charge in [-0.25, -0.2) is 9.97 Å². The Morgan fingerprint density at radius 1 is 0.906 bits per heavy atom. The van der Waals surface area contributed by atoms with Crippen LogP contribution in [0.4, 0.5) is 0 Å². The fourth-order valence-corrected chi connectivity index (χ4v) is 4.79. The Morgan fingerprint density at radius 3 is 2.59 bits per heavy atom. The lowest BCUT2D eigenvalue weighted by atomic mass is 10.1. The molecule has 6 heterocycles. The Balaban J connectivity index is 1.49. The van der Waals surface area contributed by atoms with E-state index < -0.39 is 0 Å². The van der Waals surface area contributed by atoms with Crippen LogP contribution in [0.15, 0.2) is 67.3 Å². The third-order valence-corrected chi connectivity index (χ3v) is 6.65. The SMILES string of the molecule is CC(=O)c1ccc(-c2ccnc3[nH]c(-c4n[nH]c5ncc(-c6ccncc6)cc45)cc23)s1. The lowest BCUT2D eigenvalue weighted by Crippen LogP contribution is -1.83. The van der Waals surface area contributed by atoms with Crippen LogP contribution in [-0.2, 0) is 0 Å². The van der Waals surface area contributed by atoms with Crippen LogP contribution < -0.4 is 0 Å². The summed E-state index contributed by atoms with van der Waals surface area (Å²) >= 11 is 1.49. The molecule has 6 aromatic heterocycles. The van der Waals surface area contributed by atoms with Crippen LogP contribution in [0.2, 0.25) is 0 Å². The van der Waals surface area contributed by atoms with Gasteiger partial charge in [0.15, 0.2) is 11.4 Å². The van der Waals surface area contributed by atoms with Gasteiger partial charge in [-0.05, 0) is 55.0 Å². The number of hydrogen-bond acceptors (Lipinski definition) is 6. The number of fused-ring (bicyclic) bond motifs is 2. The summed E-state index contributed by atoms with van der Waals surface area (Å²) in [4.78, 5) is 30.0. The molecule has 2 N–H and O–H groups in total. The molecule has 0 aliphatic heterocycles. The van der Waals surface area contributed by atoms with Gasteiger partial charge >= 0.3 is 0 Å². The van der Waals surface area contributed by atoms with E-state index in [9.17, 15) is 4.79 Å². The van der Waals surface area contributed by atoms with Crippen molar-refractivity contribution in [1.29, 1.82) is 0 Å². The molecule has 0 atom stereocenters. The van der Waals surface area contributed by atoms with Gasteiger partial charge in [-0.1, -0.05) is 0 Å². The summed E-state index contributed by atoms with van der Waals surface area (Å²) in [6.07, 6.45) is 7.14. The van der Waals surface area contributed by atoms with E-state index in [1.54, 1.807) is 25.5 Å². The van der Waals surface area contributed by atoms with Crippen molar-refractivity contribution in [2.45, 2.75) is 6.92 Å². The molecule has 154 valence electrons. The Labute approximate surface area is 186 Å². The highest BCUT2D eigenvalue weighted by molar-refractivity contribution is 7.17. The zero-order valence-corrected chi connectivity index (χ0v) is 17.8. The predicted octanol–water partition coefficient (Wildman–Crippen LogP) is 5.49. The molecule has 0 aliphatic carbocycles. The zero-order chi connectivity index (χ0) is 21.7. The van der Waals surface area contributed by atoms with Gasteiger partial charge in [0.25, 0.3) is 0 Å². The summed E-state index contributed by atoms with van der Waals surface area (Å²) in [5.74, 6) is 0.0711. The topological polar surface area (TPSA) is 100 Å². The van der Waals surface area contributed by atoms with E-state index in [4.69, 9.17) is 0 Å². The van der Waals surface area contributed by atoms with E-state index in [2.05, 4.69) is 42.3 Å². The quantitative estimate of drug-likeness (QED) is 0.356.